The summed E-state index contributed by atoms with van der Waals surface area (Å²) in [7, 11) is 0. The summed E-state index contributed by atoms with van der Waals surface area (Å²) in [4.78, 5) is 10.5. The number of nitriles is 1. The largest absolute Gasteiger partial charge is 0.352 e. The van der Waals surface area contributed by atoms with E-state index in [1.807, 2.05) is 0 Å². The van der Waals surface area contributed by atoms with Crippen LogP contribution in [-0.4, -0.2) is 32.8 Å². The van der Waals surface area contributed by atoms with Gasteiger partial charge >= 0.3 is 0 Å². The van der Waals surface area contributed by atoms with Gasteiger partial charge in [-0.2, -0.15) is 10.4 Å². The maximum Gasteiger partial charge on any atom is 0.140 e. The molecule has 0 amide bonds. The average molecular weight is 294 g/mol. The summed E-state index contributed by atoms with van der Waals surface area (Å²) in [6.07, 6.45) is 4.76. The Morgan fingerprint density at radius 3 is 2.91 bits per heavy atom. The molecule has 0 N–H and O–H groups in total. The van der Waals surface area contributed by atoms with Crippen LogP contribution in [0, 0.1) is 17.1 Å². The summed E-state index contributed by atoms with van der Waals surface area (Å²) in [6, 6.07) is 6.81. The highest BCUT2D eigenvalue weighted by atomic mass is 19.1. The molecule has 3 heterocycles. The van der Waals surface area contributed by atoms with Crippen LogP contribution in [0.5, 0.6) is 0 Å². The Morgan fingerprint density at radius 2 is 2.14 bits per heavy atom. The quantitative estimate of drug-likeness (QED) is 0.722. The van der Waals surface area contributed by atoms with E-state index >= 15 is 0 Å². The molecule has 1 aliphatic rings. The van der Waals surface area contributed by atoms with Crippen LogP contribution in [0.4, 0.5) is 10.2 Å². The molecular formula is C15H11FN6. The first-order valence-corrected chi connectivity index (χ1v) is 6.84. The highest BCUT2D eigenvalue weighted by Gasteiger charge is 2.31. The fourth-order valence-electron chi connectivity index (χ4n) is 2.66. The van der Waals surface area contributed by atoms with Crippen LogP contribution < -0.4 is 4.90 Å². The van der Waals surface area contributed by atoms with Crippen molar-refractivity contribution in [2.24, 2.45) is 0 Å². The van der Waals surface area contributed by atoms with Crippen molar-refractivity contribution < 1.29 is 4.39 Å². The number of nitrogens with zero attached hydrogens (tertiary/aromatic N) is 6. The van der Waals surface area contributed by atoms with Crippen molar-refractivity contribution in [2.45, 2.75) is 6.04 Å². The van der Waals surface area contributed by atoms with Crippen LogP contribution >= 0.6 is 0 Å². The van der Waals surface area contributed by atoms with Crippen molar-refractivity contribution in [1.82, 2.24) is 19.7 Å². The summed E-state index contributed by atoms with van der Waals surface area (Å²) in [5.74, 6) is 0.494. The maximum atomic E-state index is 13.3. The average Bonchev–Trinajstić information content (AvgIpc) is 2.94. The Bertz CT molecular complexity index is 890. The summed E-state index contributed by atoms with van der Waals surface area (Å²) in [5.41, 5.74) is 1.15. The zero-order chi connectivity index (χ0) is 15.1. The molecule has 4 rings (SSSR count). The number of hydrogen-bond acceptors (Lipinski definition) is 5. The number of hydrogen-bond donors (Lipinski definition) is 0. The lowest BCUT2D eigenvalue weighted by molar-refractivity contribution is 0.366. The van der Waals surface area contributed by atoms with Crippen molar-refractivity contribution in [3.05, 3.63) is 48.3 Å². The third-order valence-electron chi connectivity index (χ3n) is 3.84. The summed E-state index contributed by atoms with van der Waals surface area (Å²) >= 11 is 0. The monoisotopic (exact) mass is 294 g/mol. The van der Waals surface area contributed by atoms with Gasteiger partial charge in [-0.25, -0.2) is 14.4 Å². The second-order valence-electron chi connectivity index (χ2n) is 5.24. The Kier molecular flexibility index (Phi) is 2.76. The number of halogens is 1. The minimum atomic E-state index is -0.306. The van der Waals surface area contributed by atoms with E-state index in [1.165, 1.54) is 18.5 Å². The molecule has 3 aromatic rings. The lowest BCUT2D eigenvalue weighted by Gasteiger charge is -2.40. The number of benzene rings is 1. The number of aromatic nitrogens is 4. The molecule has 0 radical (unpaired) electrons. The molecule has 1 aliphatic heterocycles. The molecule has 0 spiro atoms. The van der Waals surface area contributed by atoms with Crippen molar-refractivity contribution in [3.63, 3.8) is 0 Å². The first kappa shape index (κ1) is 12.7. The van der Waals surface area contributed by atoms with E-state index in [-0.39, 0.29) is 11.9 Å². The van der Waals surface area contributed by atoms with Gasteiger partial charge in [0.15, 0.2) is 0 Å². The van der Waals surface area contributed by atoms with Crippen LogP contribution in [0.15, 0.2) is 36.9 Å². The number of rotatable bonds is 2. The molecular weight excluding hydrogens is 283 g/mol. The Labute approximate surface area is 125 Å². The molecule has 0 bridgehead atoms. The van der Waals surface area contributed by atoms with Gasteiger partial charge in [-0.1, -0.05) is 0 Å². The van der Waals surface area contributed by atoms with E-state index in [4.69, 9.17) is 5.26 Å². The zero-order valence-corrected chi connectivity index (χ0v) is 11.5. The van der Waals surface area contributed by atoms with Gasteiger partial charge in [-0.05, 0) is 12.1 Å². The fourth-order valence-corrected chi connectivity index (χ4v) is 2.66. The van der Waals surface area contributed by atoms with Crippen molar-refractivity contribution >= 4 is 16.7 Å². The van der Waals surface area contributed by atoms with Crippen LogP contribution in [-0.2, 0) is 0 Å². The van der Waals surface area contributed by atoms with Crippen LogP contribution in [0.2, 0.25) is 0 Å². The van der Waals surface area contributed by atoms with Gasteiger partial charge < -0.3 is 4.90 Å². The Hall–Kier alpha value is -3.01. The second-order valence-corrected chi connectivity index (χ2v) is 5.24. The molecule has 1 saturated heterocycles. The molecule has 1 fully saturated rings. The molecule has 0 unspecified atom stereocenters. The standard InChI is InChI=1S/C15H11FN6/c16-11-1-2-13-14(3-11)18-9-19-15(13)21-7-12(8-21)22-6-10(4-17)5-20-22/h1-3,5-6,9,12H,7-8H2. The van der Waals surface area contributed by atoms with Gasteiger partial charge in [-0.15, -0.1) is 0 Å². The second kappa shape index (κ2) is 4.77. The third kappa shape index (κ3) is 1.97. The van der Waals surface area contributed by atoms with Gasteiger partial charge in [0.1, 0.15) is 24.0 Å². The molecule has 2 aromatic heterocycles. The first-order chi connectivity index (χ1) is 10.7. The lowest BCUT2D eigenvalue weighted by atomic mass is 10.1. The number of anilines is 1. The van der Waals surface area contributed by atoms with Crippen LogP contribution in [0.1, 0.15) is 11.6 Å². The van der Waals surface area contributed by atoms with Gasteiger partial charge in [0.2, 0.25) is 0 Å². The maximum absolute atomic E-state index is 13.3. The SMILES string of the molecule is N#Cc1cnn(C2CN(c3ncnc4cc(F)ccc34)C2)c1. The minimum Gasteiger partial charge on any atom is -0.352 e. The fraction of sp³-hybridized carbons (Fsp3) is 0.200. The zero-order valence-electron chi connectivity index (χ0n) is 11.5. The summed E-state index contributed by atoms with van der Waals surface area (Å²) in [5, 5.41) is 13.9. The van der Waals surface area contributed by atoms with Gasteiger partial charge in [0, 0.05) is 30.7 Å². The van der Waals surface area contributed by atoms with E-state index < -0.39 is 0 Å². The molecule has 6 nitrogen and oxygen atoms in total. The molecule has 108 valence electrons. The third-order valence-corrected chi connectivity index (χ3v) is 3.84. The van der Waals surface area contributed by atoms with E-state index in [9.17, 15) is 4.39 Å². The predicted octanol–water partition coefficient (Wildman–Crippen LogP) is 1.90. The highest BCUT2D eigenvalue weighted by Crippen LogP contribution is 2.31. The number of fused-ring (bicyclic) bond motifs is 1. The normalized spacial score (nSPS) is 14.8. The Morgan fingerprint density at radius 1 is 1.27 bits per heavy atom. The van der Waals surface area contributed by atoms with E-state index in [0.29, 0.717) is 11.1 Å². The predicted molar refractivity (Wildman–Crippen MR) is 77.7 cm³/mol. The first-order valence-electron chi connectivity index (χ1n) is 6.84. The van der Waals surface area contributed by atoms with Gasteiger partial charge in [0.25, 0.3) is 0 Å². The molecule has 7 heteroatoms. The van der Waals surface area contributed by atoms with Crippen molar-refractivity contribution in [3.8, 4) is 6.07 Å². The van der Waals surface area contributed by atoms with E-state index in [2.05, 4.69) is 26.0 Å². The molecule has 0 atom stereocenters. The lowest BCUT2D eigenvalue weighted by Crippen LogP contribution is -2.48. The summed E-state index contributed by atoms with van der Waals surface area (Å²) in [6.45, 7) is 1.49. The van der Waals surface area contributed by atoms with Gasteiger partial charge in [0.05, 0.1) is 23.3 Å². The van der Waals surface area contributed by atoms with Crippen LogP contribution in [0.3, 0.4) is 0 Å². The molecule has 1 aromatic carbocycles. The van der Waals surface area contributed by atoms with E-state index in [0.717, 1.165) is 24.3 Å². The topological polar surface area (TPSA) is 70.6 Å². The van der Waals surface area contributed by atoms with Gasteiger partial charge in [-0.3, -0.25) is 4.68 Å². The molecule has 0 saturated carbocycles. The van der Waals surface area contributed by atoms with E-state index in [1.54, 1.807) is 23.1 Å². The Balaban J connectivity index is 1.59. The molecule has 22 heavy (non-hydrogen) atoms. The molecule has 0 aliphatic carbocycles. The van der Waals surface area contributed by atoms with Crippen LogP contribution in [0.25, 0.3) is 10.9 Å². The van der Waals surface area contributed by atoms with Crippen molar-refractivity contribution in [1.29, 1.82) is 5.26 Å². The van der Waals surface area contributed by atoms with Crippen molar-refractivity contribution in [2.75, 3.05) is 18.0 Å². The highest BCUT2D eigenvalue weighted by molar-refractivity contribution is 5.89. The summed E-state index contributed by atoms with van der Waals surface area (Å²) < 4.78 is 15.1. The minimum absolute atomic E-state index is 0.215. The smallest absolute Gasteiger partial charge is 0.140 e.